The predicted molar refractivity (Wildman–Crippen MR) is 152 cm³/mol. The first kappa shape index (κ1) is 26.2. The quantitative estimate of drug-likeness (QED) is 0.422. The third-order valence-electron chi connectivity index (χ3n) is 7.55. The Bertz CT molecular complexity index is 1190. The van der Waals surface area contributed by atoms with Crippen LogP contribution in [0.4, 0.5) is 15.8 Å². The summed E-state index contributed by atoms with van der Waals surface area (Å²) in [6, 6.07) is 14.8. The number of nitrogens with zero attached hydrogens (tertiary/aromatic N) is 4. The number of imidazole rings is 1. The summed E-state index contributed by atoms with van der Waals surface area (Å²) in [4.78, 5) is 27.2. The first-order valence-electron chi connectivity index (χ1n) is 13.5. The fourth-order valence-electron chi connectivity index (χ4n) is 5.31. The normalized spacial score (nSPS) is 16.3. The first-order valence-corrected chi connectivity index (χ1v) is 13.9. The van der Waals surface area contributed by atoms with Gasteiger partial charge in [0, 0.05) is 56.2 Å². The highest BCUT2D eigenvalue weighted by atomic mass is 32.1. The lowest BCUT2D eigenvalue weighted by molar-refractivity contribution is -0.123. The molecule has 5 rings (SSSR count). The van der Waals surface area contributed by atoms with Crippen LogP contribution in [0.25, 0.3) is 0 Å². The van der Waals surface area contributed by atoms with Crippen molar-refractivity contribution >= 4 is 34.6 Å². The van der Waals surface area contributed by atoms with Gasteiger partial charge in [0.2, 0.25) is 5.91 Å². The summed E-state index contributed by atoms with van der Waals surface area (Å²) >= 11 is 5.60. The topological polar surface area (TPSA) is 67.5 Å². The summed E-state index contributed by atoms with van der Waals surface area (Å²) in [6.45, 7) is 4.44. The molecular weight excluding hydrogens is 499 g/mol. The molecule has 2 N–H and O–H groups in total. The van der Waals surface area contributed by atoms with E-state index in [1.54, 1.807) is 24.7 Å². The number of aromatic amines is 1. The minimum absolute atomic E-state index is 0.0972. The second-order valence-corrected chi connectivity index (χ2v) is 10.5. The highest BCUT2D eigenvalue weighted by Gasteiger charge is 2.28. The number of halogens is 1. The molecule has 9 heteroatoms. The van der Waals surface area contributed by atoms with Crippen LogP contribution >= 0.6 is 12.2 Å². The number of benzene rings is 2. The molecule has 200 valence electrons. The number of carbonyl (C=O) groups excluding carboxylic acids is 1. The van der Waals surface area contributed by atoms with E-state index in [0.717, 1.165) is 79.6 Å². The van der Waals surface area contributed by atoms with Gasteiger partial charge in [-0.2, -0.15) is 0 Å². The Morgan fingerprint density at radius 1 is 1.03 bits per heavy atom. The van der Waals surface area contributed by atoms with Gasteiger partial charge in [-0.15, -0.1) is 0 Å². The highest BCUT2D eigenvalue weighted by molar-refractivity contribution is 7.80. The lowest BCUT2D eigenvalue weighted by Crippen LogP contribution is -2.51. The number of hydrogen-bond donors (Lipinski definition) is 2. The third kappa shape index (κ3) is 6.51. The molecule has 1 aliphatic carbocycles. The smallest absolute Gasteiger partial charge is 0.230 e. The van der Waals surface area contributed by atoms with Crippen LogP contribution in [0, 0.1) is 11.7 Å². The van der Waals surface area contributed by atoms with Crippen LogP contribution in [0.1, 0.15) is 43.4 Å². The molecule has 0 bridgehead atoms. The zero-order chi connectivity index (χ0) is 26.3. The molecule has 7 nitrogen and oxygen atoms in total. The van der Waals surface area contributed by atoms with E-state index in [9.17, 15) is 9.18 Å². The number of hydrogen-bond acceptors (Lipinski definition) is 4. The van der Waals surface area contributed by atoms with Gasteiger partial charge >= 0.3 is 0 Å². The Labute approximate surface area is 229 Å². The second-order valence-electron chi connectivity index (χ2n) is 10.1. The predicted octanol–water partition coefficient (Wildman–Crippen LogP) is 4.86. The van der Waals surface area contributed by atoms with Crippen LogP contribution in [0.15, 0.2) is 61.1 Å². The lowest BCUT2D eigenvalue weighted by atomic mass is 9.88. The van der Waals surface area contributed by atoms with Crippen molar-refractivity contribution in [1.82, 2.24) is 20.2 Å². The average Bonchev–Trinajstić information content (AvgIpc) is 3.49. The summed E-state index contributed by atoms with van der Waals surface area (Å²) in [5, 5.41) is 4.01. The molecule has 2 heterocycles. The number of piperazine rings is 1. The Kier molecular flexibility index (Phi) is 8.53. The zero-order valence-electron chi connectivity index (χ0n) is 21.6. The van der Waals surface area contributed by atoms with Crippen LogP contribution < -0.4 is 15.1 Å². The van der Waals surface area contributed by atoms with Crippen molar-refractivity contribution in [3.63, 3.8) is 0 Å². The van der Waals surface area contributed by atoms with Crippen molar-refractivity contribution in [3.05, 3.63) is 78.1 Å². The highest BCUT2D eigenvalue weighted by Crippen LogP contribution is 2.30. The van der Waals surface area contributed by atoms with Crippen LogP contribution in [0.2, 0.25) is 0 Å². The Morgan fingerprint density at radius 3 is 2.39 bits per heavy atom. The molecule has 1 saturated carbocycles. The van der Waals surface area contributed by atoms with Crippen molar-refractivity contribution in [2.24, 2.45) is 5.92 Å². The van der Waals surface area contributed by atoms with E-state index in [-0.39, 0.29) is 17.6 Å². The molecule has 1 aromatic heterocycles. The SMILES string of the molecule is O=C(C1CCCCC1)N(Cc1cnc[nH]1)c1ccc(N2CCN(C(=S)NCc3ccc(F)cc3)CC2)cc1. The largest absolute Gasteiger partial charge is 0.368 e. The van der Waals surface area contributed by atoms with Gasteiger partial charge in [0.15, 0.2) is 5.11 Å². The molecule has 0 spiro atoms. The number of anilines is 2. The van der Waals surface area contributed by atoms with Crippen molar-refractivity contribution in [3.8, 4) is 0 Å². The molecule has 2 fully saturated rings. The lowest BCUT2D eigenvalue weighted by Gasteiger charge is -2.37. The van der Waals surface area contributed by atoms with Crippen molar-refractivity contribution in [1.29, 1.82) is 0 Å². The van der Waals surface area contributed by atoms with E-state index in [2.05, 4.69) is 49.4 Å². The molecule has 2 aromatic carbocycles. The number of carbonyl (C=O) groups is 1. The fraction of sp³-hybridized carbons (Fsp3) is 0.414. The molecule has 38 heavy (non-hydrogen) atoms. The fourth-order valence-corrected chi connectivity index (χ4v) is 5.57. The zero-order valence-corrected chi connectivity index (χ0v) is 22.4. The molecule has 1 amide bonds. The van der Waals surface area contributed by atoms with Gasteiger partial charge in [-0.1, -0.05) is 31.4 Å². The van der Waals surface area contributed by atoms with Gasteiger partial charge < -0.3 is 25.0 Å². The van der Waals surface area contributed by atoms with E-state index in [1.165, 1.54) is 18.6 Å². The third-order valence-corrected chi connectivity index (χ3v) is 7.96. The minimum atomic E-state index is -0.234. The minimum Gasteiger partial charge on any atom is -0.368 e. The maximum Gasteiger partial charge on any atom is 0.230 e. The second kappa shape index (κ2) is 12.4. The van der Waals surface area contributed by atoms with E-state index < -0.39 is 0 Å². The Hall–Kier alpha value is -3.46. The summed E-state index contributed by atoms with van der Waals surface area (Å²) in [7, 11) is 0. The van der Waals surface area contributed by atoms with E-state index in [4.69, 9.17) is 12.2 Å². The summed E-state index contributed by atoms with van der Waals surface area (Å²) in [5.74, 6) is 0.0732. The molecule has 2 aliphatic rings. The molecule has 1 saturated heterocycles. The van der Waals surface area contributed by atoms with Crippen LogP contribution in [-0.2, 0) is 17.9 Å². The molecule has 1 aliphatic heterocycles. The number of nitrogens with one attached hydrogen (secondary N) is 2. The number of amides is 1. The molecule has 0 unspecified atom stereocenters. The monoisotopic (exact) mass is 534 g/mol. The Morgan fingerprint density at radius 2 is 1.74 bits per heavy atom. The van der Waals surface area contributed by atoms with Crippen molar-refractivity contribution < 1.29 is 9.18 Å². The van der Waals surface area contributed by atoms with Gasteiger partial charge in [0.05, 0.1) is 18.6 Å². The summed E-state index contributed by atoms with van der Waals surface area (Å²) in [5.41, 5.74) is 3.99. The maximum absolute atomic E-state index is 13.5. The number of aromatic nitrogens is 2. The summed E-state index contributed by atoms with van der Waals surface area (Å²) in [6.07, 6.45) is 8.87. The number of H-pyrrole nitrogens is 1. The number of rotatable bonds is 7. The standard InChI is InChI=1S/C29H35FN6OS/c30-24-8-6-22(7-9-24)18-32-29(38)35-16-14-34(15-17-35)26-10-12-27(13-11-26)36(20-25-19-31-21-33-25)28(37)23-4-2-1-3-5-23/h6-13,19,21,23H,1-5,14-18,20H2,(H,31,33)(H,32,38). The van der Waals surface area contributed by atoms with E-state index >= 15 is 0 Å². The van der Waals surface area contributed by atoms with Crippen LogP contribution in [0.3, 0.4) is 0 Å². The van der Waals surface area contributed by atoms with Gasteiger partial charge in [-0.25, -0.2) is 9.37 Å². The van der Waals surface area contributed by atoms with Gasteiger partial charge in [-0.05, 0) is 67.0 Å². The van der Waals surface area contributed by atoms with Crippen molar-refractivity contribution in [2.75, 3.05) is 36.0 Å². The summed E-state index contributed by atoms with van der Waals surface area (Å²) < 4.78 is 13.1. The molecule has 3 aromatic rings. The molecule has 0 atom stereocenters. The van der Waals surface area contributed by atoms with Crippen LogP contribution in [0.5, 0.6) is 0 Å². The molecule has 0 radical (unpaired) electrons. The van der Waals surface area contributed by atoms with E-state index in [0.29, 0.717) is 13.1 Å². The maximum atomic E-state index is 13.5. The number of thiocarbonyl (C=S) groups is 1. The van der Waals surface area contributed by atoms with Gasteiger partial charge in [0.1, 0.15) is 5.82 Å². The Balaban J connectivity index is 1.18. The molecular formula is C29H35FN6OS. The van der Waals surface area contributed by atoms with Crippen molar-refractivity contribution in [2.45, 2.75) is 45.2 Å². The van der Waals surface area contributed by atoms with E-state index in [1.807, 2.05) is 4.90 Å². The van der Waals surface area contributed by atoms with Crippen LogP contribution in [-0.4, -0.2) is 52.1 Å². The van der Waals surface area contributed by atoms with Gasteiger partial charge in [-0.3, -0.25) is 4.79 Å². The first-order chi connectivity index (χ1) is 18.6. The average molecular weight is 535 g/mol. The van der Waals surface area contributed by atoms with Gasteiger partial charge in [0.25, 0.3) is 0 Å².